The molecule has 0 bridgehead atoms. The zero-order chi connectivity index (χ0) is 22.6. The van der Waals surface area contributed by atoms with Gasteiger partial charge in [0.15, 0.2) is 17.5 Å². The number of benzene rings is 1. The first-order chi connectivity index (χ1) is 15.2. The molecule has 0 N–H and O–H groups in total. The van der Waals surface area contributed by atoms with Crippen LogP contribution in [0.15, 0.2) is 30.5 Å². The van der Waals surface area contributed by atoms with Gasteiger partial charge in [-0.3, -0.25) is 14.5 Å². The number of pyridine rings is 1. The van der Waals surface area contributed by atoms with Crippen LogP contribution in [-0.4, -0.2) is 43.0 Å². The van der Waals surface area contributed by atoms with E-state index in [2.05, 4.69) is 14.9 Å². The Kier molecular flexibility index (Phi) is 4.66. The number of fused-ring (bicyclic) bond motifs is 2. The molecule has 1 atom stereocenters. The fourth-order valence-electron chi connectivity index (χ4n) is 4.31. The van der Waals surface area contributed by atoms with Crippen LogP contribution in [0.3, 0.4) is 0 Å². The van der Waals surface area contributed by atoms with Crippen LogP contribution in [0.1, 0.15) is 18.2 Å². The number of rotatable bonds is 4. The topological polar surface area (TPSA) is 86.3 Å². The Morgan fingerprint density at radius 3 is 2.66 bits per heavy atom. The van der Waals surface area contributed by atoms with Gasteiger partial charge in [0.2, 0.25) is 0 Å². The second-order valence-corrected chi connectivity index (χ2v) is 8.34. The van der Waals surface area contributed by atoms with Crippen molar-refractivity contribution in [1.82, 2.24) is 19.4 Å². The zero-order valence-electron chi connectivity index (χ0n) is 17.0. The fourth-order valence-corrected chi connectivity index (χ4v) is 4.31. The molecule has 0 fully saturated rings. The first-order valence-corrected chi connectivity index (χ1v) is 9.97. The summed E-state index contributed by atoms with van der Waals surface area (Å²) in [5.74, 6) is -4.24. The van der Waals surface area contributed by atoms with E-state index in [-0.39, 0.29) is 17.4 Å². The molecule has 11 heteroatoms. The van der Waals surface area contributed by atoms with Gasteiger partial charge in [0.25, 0.3) is 0 Å². The lowest BCUT2D eigenvalue weighted by atomic mass is 10.00. The highest BCUT2D eigenvalue weighted by atomic mass is 19.2. The zero-order valence-corrected chi connectivity index (χ0v) is 17.0. The van der Waals surface area contributed by atoms with Gasteiger partial charge in [-0.1, -0.05) is 6.07 Å². The lowest BCUT2D eigenvalue weighted by Gasteiger charge is -2.34. The molecule has 1 aromatic carbocycles. The Hall–Kier alpha value is -3.47. The number of hydrogen-bond acceptors (Lipinski definition) is 6. The maximum absolute atomic E-state index is 13.6. The molecule has 2 aliphatic heterocycles. The van der Waals surface area contributed by atoms with Gasteiger partial charge in [0.05, 0.1) is 12.2 Å². The van der Waals surface area contributed by atoms with Gasteiger partial charge in [-0.05, 0) is 35.6 Å². The van der Waals surface area contributed by atoms with Crippen molar-refractivity contribution < 1.29 is 22.8 Å². The van der Waals surface area contributed by atoms with Crippen molar-refractivity contribution in [2.24, 2.45) is 0 Å². The highest BCUT2D eigenvalue weighted by Gasteiger charge is 2.41. The fraction of sp³-hybridized carbons (Fsp3) is 0.333. The number of halogens is 3. The van der Waals surface area contributed by atoms with E-state index in [0.717, 1.165) is 23.4 Å². The van der Waals surface area contributed by atoms with Crippen LogP contribution in [0.5, 0.6) is 6.01 Å². The standard InChI is InChI=1S/C21H18F3N5O3/c1-21(11-28-9-18(29(30)31)26-20(28)32-21)10-27-5-4-17-12(8-27)2-3-16(25-17)13-6-14(22)19(24)15(23)7-13/h2-3,6-7,9H,4-5,8,10-11H2,1H3/t21-/m0/s1. The summed E-state index contributed by atoms with van der Waals surface area (Å²) in [6, 6.07) is 5.64. The van der Waals surface area contributed by atoms with Gasteiger partial charge in [-0.2, -0.15) is 0 Å². The van der Waals surface area contributed by atoms with Crippen molar-refractivity contribution in [3.8, 4) is 17.3 Å². The van der Waals surface area contributed by atoms with Crippen LogP contribution >= 0.6 is 0 Å². The summed E-state index contributed by atoms with van der Waals surface area (Å²) in [5, 5.41) is 10.9. The molecule has 0 amide bonds. The molecule has 2 aromatic heterocycles. The Morgan fingerprint density at radius 2 is 1.97 bits per heavy atom. The van der Waals surface area contributed by atoms with E-state index in [4.69, 9.17) is 4.74 Å². The second-order valence-electron chi connectivity index (χ2n) is 8.34. The minimum Gasteiger partial charge on any atom is -0.436 e. The molecule has 0 aliphatic carbocycles. The molecule has 166 valence electrons. The van der Waals surface area contributed by atoms with E-state index in [9.17, 15) is 23.3 Å². The van der Waals surface area contributed by atoms with Gasteiger partial charge in [0.1, 0.15) is 11.8 Å². The average Bonchev–Trinajstić information content (AvgIpc) is 3.26. The maximum Gasteiger partial charge on any atom is 0.415 e. The van der Waals surface area contributed by atoms with Crippen LogP contribution in [0.25, 0.3) is 11.3 Å². The van der Waals surface area contributed by atoms with Crippen LogP contribution in [0, 0.1) is 27.6 Å². The molecule has 0 spiro atoms. The molecule has 8 nitrogen and oxygen atoms in total. The monoisotopic (exact) mass is 445 g/mol. The largest absolute Gasteiger partial charge is 0.436 e. The lowest BCUT2D eigenvalue weighted by Crippen LogP contribution is -2.46. The summed E-state index contributed by atoms with van der Waals surface area (Å²) in [7, 11) is 0. The van der Waals surface area contributed by atoms with Gasteiger partial charge in [-0.25, -0.2) is 13.2 Å². The molecule has 0 saturated carbocycles. The first kappa shape index (κ1) is 20.4. The summed E-state index contributed by atoms with van der Waals surface area (Å²) in [6.07, 6.45) is 2.00. The molecule has 0 unspecified atom stereocenters. The number of aromatic nitrogens is 3. The van der Waals surface area contributed by atoms with Crippen LogP contribution in [0.4, 0.5) is 19.0 Å². The molecule has 32 heavy (non-hydrogen) atoms. The number of nitro groups is 1. The average molecular weight is 445 g/mol. The van der Waals surface area contributed by atoms with Gasteiger partial charge >= 0.3 is 11.8 Å². The Morgan fingerprint density at radius 1 is 1.22 bits per heavy atom. The SMILES string of the molecule is C[C@]1(CN2CCc3nc(-c4cc(F)c(F)c(F)c4)ccc3C2)Cn2cc([N+](=O)[O-])nc2O1. The third-order valence-electron chi connectivity index (χ3n) is 5.72. The molecular formula is C21H18F3N5O3. The van der Waals surface area contributed by atoms with Crippen molar-refractivity contribution in [2.75, 3.05) is 13.1 Å². The van der Waals surface area contributed by atoms with Crippen molar-refractivity contribution in [2.45, 2.75) is 32.0 Å². The Labute approximate surface area is 180 Å². The third kappa shape index (κ3) is 3.58. The Bertz CT molecular complexity index is 1200. The number of hydrogen-bond donors (Lipinski definition) is 0. The second kappa shape index (κ2) is 7.30. The van der Waals surface area contributed by atoms with Crippen molar-refractivity contribution in [1.29, 1.82) is 0 Å². The Balaban J connectivity index is 1.29. The summed E-state index contributed by atoms with van der Waals surface area (Å²) in [6.45, 7) is 4.26. The van der Waals surface area contributed by atoms with E-state index in [1.54, 1.807) is 10.6 Å². The van der Waals surface area contributed by atoms with Crippen molar-refractivity contribution >= 4 is 5.82 Å². The van der Waals surface area contributed by atoms with Crippen molar-refractivity contribution in [3.63, 3.8) is 0 Å². The van der Waals surface area contributed by atoms with E-state index in [0.29, 0.717) is 38.3 Å². The smallest absolute Gasteiger partial charge is 0.415 e. The highest BCUT2D eigenvalue weighted by Crippen LogP contribution is 2.33. The maximum atomic E-state index is 13.6. The lowest BCUT2D eigenvalue weighted by molar-refractivity contribution is -0.389. The number of nitrogens with zero attached hydrogens (tertiary/aromatic N) is 5. The van der Waals surface area contributed by atoms with Gasteiger partial charge < -0.3 is 14.9 Å². The van der Waals surface area contributed by atoms with E-state index >= 15 is 0 Å². The molecule has 5 rings (SSSR count). The molecule has 0 radical (unpaired) electrons. The minimum absolute atomic E-state index is 0.182. The van der Waals surface area contributed by atoms with E-state index in [1.807, 2.05) is 13.0 Å². The predicted molar refractivity (Wildman–Crippen MR) is 106 cm³/mol. The molecular weight excluding hydrogens is 427 g/mol. The summed E-state index contributed by atoms with van der Waals surface area (Å²) < 4.78 is 48.0. The molecule has 2 aliphatic rings. The van der Waals surface area contributed by atoms with Gasteiger partial charge in [-0.15, -0.1) is 0 Å². The van der Waals surface area contributed by atoms with Crippen LogP contribution in [-0.2, 0) is 19.5 Å². The summed E-state index contributed by atoms with van der Waals surface area (Å²) in [4.78, 5) is 21.0. The van der Waals surface area contributed by atoms with Crippen LogP contribution < -0.4 is 4.74 Å². The highest BCUT2D eigenvalue weighted by molar-refractivity contribution is 5.60. The third-order valence-corrected chi connectivity index (χ3v) is 5.72. The number of ether oxygens (including phenoxy) is 1. The molecule has 0 saturated heterocycles. The van der Waals surface area contributed by atoms with Gasteiger partial charge in [0, 0.05) is 42.3 Å². The van der Waals surface area contributed by atoms with Crippen LogP contribution in [0.2, 0.25) is 0 Å². The molecule has 4 heterocycles. The molecule has 3 aromatic rings. The van der Waals surface area contributed by atoms with E-state index in [1.165, 1.54) is 6.20 Å². The normalized spacial score (nSPS) is 20.0. The number of imidazole rings is 1. The predicted octanol–water partition coefficient (Wildman–Crippen LogP) is 3.48. The van der Waals surface area contributed by atoms with Crippen molar-refractivity contribution in [3.05, 3.63) is 69.3 Å². The summed E-state index contributed by atoms with van der Waals surface area (Å²) in [5.41, 5.74) is 1.80. The van der Waals surface area contributed by atoms with E-state index < -0.39 is 28.0 Å². The quantitative estimate of drug-likeness (QED) is 0.347. The minimum atomic E-state index is -1.50. The summed E-state index contributed by atoms with van der Waals surface area (Å²) >= 11 is 0. The first-order valence-electron chi connectivity index (χ1n) is 9.97.